The Morgan fingerprint density at radius 3 is 2.87 bits per heavy atom. The van der Waals surface area contributed by atoms with E-state index in [0.29, 0.717) is 22.9 Å². The fourth-order valence-electron chi connectivity index (χ4n) is 3.60. The van der Waals surface area contributed by atoms with Crippen LogP contribution in [0.25, 0.3) is 0 Å². The number of hydrogen-bond acceptors (Lipinski definition) is 3. The standard InChI is InChI=1S/C18H20ClN3O/c1-10-13-8-7-12(20)9-16(13)22(21-10)18(23)17-14(11-5-6-11)3-2-4-15(17)19/h2-4,11-12H,5-9,20H2,1H3. The number of hydrogen-bond donors (Lipinski definition) is 1. The summed E-state index contributed by atoms with van der Waals surface area (Å²) in [5, 5.41) is 5.03. The van der Waals surface area contributed by atoms with Gasteiger partial charge in [-0.2, -0.15) is 5.10 Å². The van der Waals surface area contributed by atoms with Crippen molar-refractivity contribution in [2.75, 3.05) is 0 Å². The molecule has 0 aliphatic heterocycles. The zero-order valence-corrected chi connectivity index (χ0v) is 13.9. The molecule has 4 nitrogen and oxygen atoms in total. The summed E-state index contributed by atoms with van der Waals surface area (Å²) in [5.41, 5.74) is 10.9. The summed E-state index contributed by atoms with van der Waals surface area (Å²) in [6.07, 6.45) is 4.80. The van der Waals surface area contributed by atoms with Crippen molar-refractivity contribution in [2.24, 2.45) is 5.73 Å². The number of aryl methyl sites for hydroxylation is 1. The molecule has 120 valence electrons. The van der Waals surface area contributed by atoms with E-state index in [1.807, 2.05) is 19.1 Å². The van der Waals surface area contributed by atoms with Crippen LogP contribution in [0.5, 0.6) is 0 Å². The fourth-order valence-corrected chi connectivity index (χ4v) is 3.86. The van der Waals surface area contributed by atoms with Gasteiger partial charge in [-0.15, -0.1) is 0 Å². The van der Waals surface area contributed by atoms with Gasteiger partial charge in [0.05, 0.1) is 22.0 Å². The zero-order valence-electron chi connectivity index (χ0n) is 13.2. The lowest BCUT2D eigenvalue weighted by Crippen LogP contribution is -2.30. The van der Waals surface area contributed by atoms with Gasteiger partial charge in [-0.3, -0.25) is 4.79 Å². The van der Waals surface area contributed by atoms with Crippen LogP contribution in [0.2, 0.25) is 5.02 Å². The summed E-state index contributed by atoms with van der Waals surface area (Å²) in [6, 6.07) is 5.83. The minimum absolute atomic E-state index is 0.0966. The minimum atomic E-state index is -0.115. The van der Waals surface area contributed by atoms with E-state index in [1.165, 1.54) is 5.56 Å². The minimum Gasteiger partial charge on any atom is -0.327 e. The van der Waals surface area contributed by atoms with E-state index in [9.17, 15) is 4.79 Å². The Bertz CT molecular complexity index is 792. The number of carbonyl (C=O) groups is 1. The van der Waals surface area contributed by atoms with E-state index in [0.717, 1.165) is 42.6 Å². The molecular weight excluding hydrogens is 310 g/mol. The van der Waals surface area contributed by atoms with E-state index in [4.69, 9.17) is 17.3 Å². The predicted octanol–water partition coefficient (Wildman–Crippen LogP) is 3.23. The van der Waals surface area contributed by atoms with Gasteiger partial charge >= 0.3 is 0 Å². The van der Waals surface area contributed by atoms with E-state index in [2.05, 4.69) is 5.10 Å². The van der Waals surface area contributed by atoms with Gasteiger partial charge < -0.3 is 5.73 Å². The smallest absolute Gasteiger partial charge is 0.280 e. The van der Waals surface area contributed by atoms with Crippen molar-refractivity contribution in [3.63, 3.8) is 0 Å². The van der Waals surface area contributed by atoms with Crippen LogP contribution in [0.15, 0.2) is 18.2 Å². The summed E-state index contributed by atoms with van der Waals surface area (Å²) in [7, 11) is 0. The molecule has 5 heteroatoms. The first-order valence-corrected chi connectivity index (χ1v) is 8.60. The summed E-state index contributed by atoms with van der Waals surface area (Å²) in [6.45, 7) is 1.97. The third-order valence-electron chi connectivity index (χ3n) is 4.98. The van der Waals surface area contributed by atoms with Gasteiger partial charge in [0.1, 0.15) is 0 Å². The molecule has 1 aromatic heterocycles. The lowest BCUT2D eigenvalue weighted by atomic mass is 9.92. The Morgan fingerprint density at radius 2 is 2.13 bits per heavy atom. The van der Waals surface area contributed by atoms with Crippen LogP contribution < -0.4 is 5.73 Å². The predicted molar refractivity (Wildman–Crippen MR) is 90.1 cm³/mol. The van der Waals surface area contributed by atoms with Gasteiger partial charge in [-0.1, -0.05) is 23.7 Å². The summed E-state index contributed by atoms with van der Waals surface area (Å²) in [4.78, 5) is 13.2. The third kappa shape index (κ3) is 2.50. The Balaban J connectivity index is 1.82. The van der Waals surface area contributed by atoms with Gasteiger partial charge in [0, 0.05) is 12.5 Å². The Morgan fingerprint density at radius 1 is 1.35 bits per heavy atom. The number of benzene rings is 1. The quantitative estimate of drug-likeness (QED) is 0.920. The fraction of sp³-hybridized carbons (Fsp3) is 0.444. The highest BCUT2D eigenvalue weighted by Gasteiger charge is 2.32. The summed E-state index contributed by atoms with van der Waals surface area (Å²) < 4.78 is 1.55. The van der Waals surface area contributed by atoms with Crippen LogP contribution in [-0.2, 0) is 12.8 Å². The molecule has 4 rings (SSSR count). The number of nitrogens with zero attached hydrogens (tertiary/aromatic N) is 2. The highest BCUT2D eigenvalue weighted by Crippen LogP contribution is 2.43. The Hall–Kier alpha value is -1.65. The average Bonchev–Trinajstić information content (AvgIpc) is 3.31. The van der Waals surface area contributed by atoms with Crippen molar-refractivity contribution in [3.05, 3.63) is 51.3 Å². The third-order valence-corrected chi connectivity index (χ3v) is 5.30. The summed E-state index contributed by atoms with van der Waals surface area (Å²) >= 11 is 6.38. The number of fused-ring (bicyclic) bond motifs is 1. The number of rotatable bonds is 2. The van der Waals surface area contributed by atoms with Crippen molar-refractivity contribution >= 4 is 17.5 Å². The van der Waals surface area contributed by atoms with Gasteiger partial charge in [-0.25, -0.2) is 4.68 Å². The SMILES string of the molecule is Cc1nn(C(=O)c2c(Cl)cccc2C2CC2)c2c1CCC(N)C2. The Kier molecular flexibility index (Phi) is 3.54. The first-order valence-electron chi connectivity index (χ1n) is 8.22. The van der Waals surface area contributed by atoms with Crippen LogP contribution in [0.1, 0.15) is 58.1 Å². The highest BCUT2D eigenvalue weighted by atomic mass is 35.5. The van der Waals surface area contributed by atoms with Gasteiger partial charge in [-0.05, 0) is 55.7 Å². The number of aromatic nitrogens is 2. The zero-order chi connectivity index (χ0) is 16.1. The van der Waals surface area contributed by atoms with Crippen LogP contribution >= 0.6 is 11.6 Å². The second-order valence-corrected chi connectivity index (χ2v) is 7.12. The molecule has 0 bridgehead atoms. The molecule has 1 unspecified atom stereocenters. The molecule has 1 fully saturated rings. The topological polar surface area (TPSA) is 60.9 Å². The molecule has 0 radical (unpaired) electrons. The van der Waals surface area contributed by atoms with Crippen molar-refractivity contribution in [1.82, 2.24) is 9.78 Å². The van der Waals surface area contributed by atoms with Gasteiger partial charge in [0.15, 0.2) is 0 Å². The van der Waals surface area contributed by atoms with Crippen LogP contribution in [-0.4, -0.2) is 21.7 Å². The van der Waals surface area contributed by atoms with Crippen molar-refractivity contribution in [2.45, 2.75) is 51.0 Å². The average molecular weight is 330 g/mol. The monoisotopic (exact) mass is 329 g/mol. The molecule has 2 aliphatic rings. The van der Waals surface area contributed by atoms with Gasteiger partial charge in [0.25, 0.3) is 5.91 Å². The molecule has 1 aromatic carbocycles. The maximum Gasteiger partial charge on any atom is 0.280 e. The van der Waals surface area contributed by atoms with Crippen molar-refractivity contribution < 1.29 is 4.79 Å². The first-order chi connectivity index (χ1) is 11.1. The second kappa shape index (κ2) is 5.46. The molecule has 2 aliphatic carbocycles. The maximum absolute atomic E-state index is 13.2. The first kappa shape index (κ1) is 14.9. The van der Waals surface area contributed by atoms with Crippen LogP contribution in [0, 0.1) is 6.92 Å². The molecule has 0 amide bonds. The van der Waals surface area contributed by atoms with Crippen molar-refractivity contribution in [1.29, 1.82) is 0 Å². The lowest BCUT2D eigenvalue weighted by molar-refractivity contribution is 0.0939. The van der Waals surface area contributed by atoms with Crippen LogP contribution in [0.4, 0.5) is 0 Å². The van der Waals surface area contributed by atoms with E-state index in [-0.39, 0.29) is 11.9 Å². The maximum atomic E-state index is 13.2. The lowest BCUT2D eigenvalue weighted by Gasteiger charge is -2.20. The second-order valence-electron chi connectivity index (χ2n) is 6.71. The van der Waals surface area contributed by atoms with Crippen molar-refractivity contribution in [3.8, 4) is 0 Å². The molecule has 1 atom stereocenters. The van der Waals surface area contributed by atoms with E-state index in [1.54, 1.807) is 10.7 Å². The number of halogens is 1. The van der Waals surface area contributed by atoms with Crippen LogP contribution in [0.3, 0.4) is 0 Å². The molecule has 1 saturated carbocycles. The molecule has 1 heterocycles. The molecule has 2 N–H and O–H groups in total. The molecule has 0 spiro atoms. The number of carbonyl (C=O) groups excluding carboxylic acids is 1. The normalized spacial score (nSPS) is 20.4. The molecule has 2 aromatic rings. The molecule has 23 heavy (non-hydrogen) atoms. The Labute approximate surface area is 140 Å². The number of nitrogens with two attached hydrogens (primary N) is 1. The molecule has 0 saturated heterocycles. The summed E-state index contributed by atoms with van der Waals surface area (Å²) in [5.74, 6) is 0.346. The van der Waals surface area contributed by atoms with Gasteiger partial charge in [0.2, 0.25) is 0 Å². The van der Waals surface area contributed by atoms with E-state index >= 15 is 0 Å². The van der Waals surface area contributed by atoms with E-state index < -0.39 is 0 Å². The molecular formula is C18H20ClN3O. The highest BCUT2D eigenvalue weighted by molar-refractivity contribution is 6.34. The largest absolute Gasteiger partial charge is 0.327 e.